The largest absolute Gasteiger partial charge is 0.417 e. The number of rotatable bonds is 3. The number of carbonyl (C=O) groups is 3. The highest BCUT2D eigenvalue weighted by molar-refractivity contribution is 6.33. The first-order chi connectivity index (χ1) is 15.1. The van der Waals surface area contributed by atoms with E-state index < -0.39 is 11.7 Å². The van der Waals surface area contributed by atoms with Crippen LogP contribution in [0.4, 0.5) is 24.7 Å². The van der Waals surface area contributed by atoms with Gasteiger partial charge in [-0.3, -0.25) is 19.3 Å². The molecule has 7 nitrogen and oxygen atoms in total. The van der Waals surface area contributed by atoms with E-state index in [0.29, 0.717) is 37.4 Å². The third-order valence-corrected chi connectivity index (χ3v) is 5.72. The molecule has 0 unspecified atom stereocenters. The van der Waals surface area contributed by atoms with Crippen LogP contribution in [-0.4, -0.2) is 53.8 Å². The number of amides is 3. The smallest absolute Gasteiger partial charge is 0.352 e. The molecule has 2 aliphatic rings. The van der Waals surface area contributed by atoms with Gasteiger partial charge in [0.2, 0.25) is 11.8 Å². The van der Waals surface area contributed by atoms with Gasteiger partial charge in [-0.1, -0.05) is 11.6 Å². The van der Waals surface area contributed by atoms with Crippen molar-refractivity contribution in [1.29, 1.82) is 0 Å². The van der Waals surface area contributed by atoms with Crippen LogP contribution in [-0.2, 0) is 15.8 Å². The lowest BCUT2D eigenvalue weighted by Gasteiger charge is -2.36. The number of piperazine rings is 1. The second-order valence-corrected chi connectivity index (χ2v) is 7.88. The lowest BCUT2D eigenvalue weighted by Crippen LogP contribution is -2.49. The summed E-state index contributed by atoms with van der Waals surface area (Å²) < 4.78 is 38.4. The molecular weight excluding hydrogens is 449 g/mol. The molecule has 11 heteroatoms. The molecule has 32 heavy (non-hydrogen) atoms. The van der Waals surface area contributed by atoms with E-state index in [0.717, 1.165) is 17.2 Å². The van der Waals surface area contributed by atoms with Gasteiger partial charge < -0.3 is 9.80 Å². The summed E-state index contributed by atoms with van der Waals surface area (Å²) >= 11 is 6.02. The second-order valence-electron chi connectivity index (χ2n) is 7.48. The Balaban J connectivity index is 1.40. The Morgan fingerprint density at radius 1 is 0.969 bits per heavy atom. The van der Waals surface area contributed by atoms with Gasteiger partial charge in [-0.25, -0.2) is 4.98 Å². The van der Waals surface area contributed by atoms with E-state index in [-0.39, 0.29) is 41.4 Å². The summed E-state index contributed by atoms with van der Waals surface area (Å²) in [4.78, 5) is 44.9. The van der Waals surface area contributed by atoms with Crippen molar-refractivity contribution in [2.75, 3.05) is 36.0 Å². The van der Waals surface area contributed by atoms with Gasteiger partial charge in [0, 0.05) is 50.8 Å². The van der Waals surface area contributed by atoms with Crippen molar-refractivity contribution in [1.82, 2.24) is 9.88 Å². The minimum Gasteiger partial charge on any atom is -0.352 e. The molecule has 0 N–H and O–H groups in total. The van der Waals surface area contributed by atoms with Crippen molar-refractivity contribution in [3.63, 3.8) is 0 Å². The van der Waals surface area contributed by atoms with Gasteiger partial charge >= 0.3 is 6.18 Å². The zero-order valence-electron chi connectivity index (χ0n) is 16.7. The Bertz CT molecular complexity index is 1050. The predicted octanol–water partition coefficient (Wildman–Crippen LogP) is 3.37. The number of aromatic nitrogens is 1. The highest BCUT2D eigenvalue weighted by atomic mass is 35.5. The molecule has 2 aromatic rings. The van der Waals surface area contributed by atoms with Gasteiger partial charge in [0.15, 0.2) is 0 Å². The van der Waals surface area contributed by atoms with Gasteiger partial charge in [0.25, 0.3) is 5.91 Å². The molecule has 3 heterocycles. The Kier molecular flexibility index (Phi) is 5.81. The zero-order chi connectivity index (χ0) is 23.0. The van der Waals surface area contributed by atoms with Crippen LogP contribution in [0.3, 0.4) is 0 Å². The summed E-state index contributed by atoms with van der Waals surface area (Å²) in [7, 11) is 0. The standard InChI is InChI=1S/C21H18ClF3N4O3/c22-16-11-14(21(23,24)25)12-26-19(16)27-7-9-28(10-8-27)20(32)13-1-3-15(4-2-13)29-17(30)5-6-18(29)31/h1-4,11-12H,5-10H2. The second kappa shape index (κ2) is 8.42. The topological polar surface area (TPSA) is 73.8 Å². The molecule has 0 aliphatic carbocycles. The first kappa shape index (κ1) is 22.1. The minimum atomic E-state index is -4.52. The fraction of sp³-hybridized carbons (Fsp3) is 0.333. The van der Waals surface area contributed by atoms with Gasteiger partial charge in [0.1, 0.15) is 5.82 Å². The third-order valence-electron chi connectivity index (χ3n) is 5.44. The van der Waals surface area contributed by atoms with Crippen LogP contribution in [0.5, 0.6) is 0 Å². The van der Waals surface area contributed by atoms with Crippen LogP contribution in [0.15, 0.2) is 36.5 Å². The molecule has 4 rings (SSSR count). The quantitative estimate of drug-likeness (QED) is 0.648. The molecule has 168 valence electrons. The zero-order valence-corrected chi connectivity index (χ0v) is 17.5. The SMILES string of the molecule is O=C(c1ccc(N2C(=O)CCC2=O)cc1)N1CCN(c2ncc(C(F)(F)F)cc2Cl)CC1. The van der Waals surface area contributed by atoms with Gasteiger partial charge in [-0.05, 0) is 30.3 Å². The van der Waals surface area contributed by atoms with E-state index in [1.807, 2.05) is 0 Å². The fourth-order valence-corrected chi connectivity index (χ4v) is 4.03. The number of nitrogens with zero attached hydrogens (tertiary/aromatic N) is 4. The number of imide groups is 1. The van der Waals surface area contributed by atoms with Crippen molar-refractivity contribution >= 4 is 40.8 Å². The number of halogens is 4. The first-order valence-electron chi connectivity index (χ1n) is 9.88. The summed E-state index contributed by atoms with van der Waals surface area (Å²) in [5.41, 5.74) is -0.0743. The molecule has 2 aliphatic heterocycles. The van der Waals surface area contributed by atoms with E-state index in [9.17, 15) is 27.6 Å². The number of hydrogen-bond donors (Lipinski definition) is 0. The van der Waals surface area contributed by atoms with E-state index >= 15 is 0 Å². The van der Waals surface area contributed by atoms with Crippen molar-refractivity contribution in [2.24, 2.45) is 0 Å². The molecule has 0 spiro atoms. The molecule has 1 aromatic carbocycles. The minimum absolute atomic E-state index is 0.0961. The fourth-order valence-electron chi connectivity index (χ4n) is 3.74. The highest BCUT2D eigenvalue weighted by Gasteiger charge is 2.33. The molecule has 0 saturated carbocycles. The van der Waals surface area contributed by atoms with Crippen LogP contribution in [0, 0.1) is 0 Å². The molecule has 0 bridgehead atoms. The third kappa shape index (κ3) is 4.27. The van der Waals surface area contributed by atoms with E-state index in [1.54, 1.807) is 34.1 Å². The molecule has 1 aromatic heterocycles. The first-order valence-corrected chi connectivity index (χ1v) is 10.3. The lowest BCUT2D eigenvalue weighted by molar-refractivity contribution is -0.137. The van der Waals surface area contributed by atoms with Crippen LogP contribution in [0.25, 0.3) is 0 Å². The van der Waals surface area contributed by atoms with Crippen LogP contribution >= 0.6 is 11.6 Å². The average Bonchev–Trinajstić information content (AvgIpc) is 3.11. The molecular formula is C21H18ClF3N4O3. The van der Waals surface area contributed by atoms with E-state index in [1.165, 1.54) is 0 Å². The Labute approximate surface area is 186 Å². The average molecular weight is 467 g/mol. The number of pyridine rings is 1. The molecule has 3 amide bonds. The highest BCUT2D eigenvalue weighted by Crippen LogP contribution is 2.34. The lowest BCUT2D eigenvalue weighted by atomic mass is 10.1. The van der Waals surface area contributed by atoms with Crippen molar-refractivity contribution in [3.05, 3.63) is 52.7 Å². The number of benzene rings is 1. The Morgan fingerprint density at radius 3 is 2.09 bits per heavy atom. The van der Waals surface area contributed by atoms with Crippen molar-refractivity contribution in [3.8, 4) is 0 Å². The number of hydrogen-bond acceptors (Lipinski definition) is 5. The maximum absolute atomic E-state index is 12.8. The maximum Gasteiger partial charge on any atom is 0.417 e. The van der Waals surface area contributed by atoms with Crippen LogP contribution in [0.1, 0.15) is 28.8 Å². The summed E-state index contributed by atoms with van der Waals surface area (Å²) in [6, 6.07) is 7.11. The summed E-state index contributed by atoms with van der Waals surface area (Å²) in [5.74, 6) is -0.501. The Morgan fingerprint density at radius 2 is 1.56 bits per heavy atom. The summed E-state index contributed by atoms with van der Waals surface area (Å²) in [6.07, 6.45) is -3.41. The normalized spacial score (nSPS) is 17.3. The molecule has 0 radical (unpaired) electrons. The predicted molar refractivity (Wildman–Crippen MR) is 111 cm³/mol. The van der Waals surface area contributed by atoms with E-state index in [2.05, 4.69) is 4.98 Å². The summed E-state index contributed by atoms with van der Waals surface area (Å²) in [6.45, 7) is 1.39. The number of carbonyl (C=O) groups excluding carboxylic acids is 3. The van der Waals surface area contributed by atoms with Crippen LogP contribution in [0.2, 0.25) is 5.02 Å². The van der Waals surface area contributed by atoms with Gasteiger partial charge in [-0.15, -0.1) is 0 Å². The number of anilines is 2. The van der Waals surface area contributed by atoms with Crippen molar-refractivity contribution < 1.29 is 27.6 Å². The van der Waals surface area contributed by atoms with Gasteiger partial charge in [0.05, 0.1) is 16.3 Å². The molecule has 0 atom stereocenters. The molecule has 2 fully saturated rings. The maximum atomic E-state index is 12.8. The van der Waals surface area contributed by atoms with Crippen molar-refractivity contribution in [2.45, 2.75) is 19.0 Å². The summed E-state index contributed by atoms with van der Waals surface area (Å²) in [5, 5.41) is -0.0961. The monoisotopic (exact) mass is 466 g/mol. The van der Waals surface area contributed by atoms with Crippen LogP contribution < -0.4 is 9.80 Å². The Hall–Kier alpha value is -3.14. The molecule has 2 saturated heterocycles. The van der Waals surface area contributed by atoms with E-state index in [4.69, 9.17) is 11.6 Å². The van der Waals surface area contributed by atoms with Gasteiger partial charge in [-0.2, -0.15) is 13.2 Å². The number of alkyl halides is 3.